The molecule has 0 aliphatic heterocycles. The molecule has 1 aromatic rings. The smallest absolute Gasteiger partial charge is 0.137 e. The van der Waals surface area contributed by atoms with E-state index >= 15 is 0 Å². The molecule has 0 bridgehead atoms. The lowest BCUT2D eigenvalue weighted by Gasteiger charge is -2.15. The van der Waals surface area contributed by atoms with Crippen molar-refractivity contribution < 1.29 is 4.39 Å². The van der Waals surface area contributed by atoms with E-state index in [0.29, 0.717) is 4.47 Å². The second-order valence-electron chi connectivity index (χ2n) is 4.30. The minimum atomic E-state index is -0.231. The maximum absolute atomic E-state index is 13.0. The summed E-state index contributed by atoms with van der Waals surface area (Å²) in [5.41, 5.74) is 7.08. The minimum absolute atomic E-state index is 0.125. The molecule has 0 spiro atoms. The van der Waals surface area contributed by atoms with Crippen LogP contribution in [0.2, 0.25) is 0 Å². The summed E-state index contributed by atoms with van der Waals surface area (Å²) in [6.45, 7) is 0.976. The van der Waals surface area contributed by atoms with Crippen LogP contribution in [0.25, 0.3) is 0 Å². The van der Waals surface area contributed by atoms with Gasteiger partial charge in [0.05, 0.1) is 4.47 Å². The van der Waals surface area contributed by atoms with Gasteiger partial charge in [-0.2, -0.15) is 0 Å². The monoisotopic (exact) mass is 288 g/mol. The van der Waals surface area contributed by atoms with Crippen molar-refractivity contribution in [1.29, 1.82) is 0 Å². The van der Waals surface area contributed by atoms with E-state index < -0.39 is 0 Å². The van der Waals surface area contributed by atoms with Crippen LogP contribution in [0, 0.1) is 5.82 Å². The van der Waals surface area contributed by atoms with Crippen LogP contribution in [0.5, 0.6) is 0 Å². The molecular weight excluding hydrogens is 271 g/mol. The topological polar surface area (TPSA) is 29.3 Å². The fraction of sp³-hybridized carbons (Fsp3) is 0.500. The predicted molar refractivity (Wildman–Crippen MR) is 69.0 cm³/mol. The maximum atomic E-state index is 13.0. The van der Waals surface area contributed by atoms with Gasteiger partial charge in [-0.3, -0.25) is 0 Å². The van der Waals surface area contributed by atoms with E-state index in [4.69, 9.17) is 5.73 Å². The Hall–Kier alpha value is -0.450. The van der Waals surface area contributed by atoms with Gasteiger partial charge in [0.15, 0.2) is 0 Å². The van der Waals surface area contributed by atoms with Crippen molar-refractivity contribution in [3.8, 4) is 0 Å². The number of benzene rings is 1. The Kier molecular flexibility index (Phi) is 5.38. The van der Waals surface area contributed by atoms with Crippen LogP contribution in [-0.2, 0) is 6.42 Å². The molecule has 4 heteroatoms. The van der Waals surface area contributed by atoms with Gasteiger partial charge in [0.1, 0.15) is 5.82 Å². The summed E-state index contributed by atoms with van der Waals surface area (Å²) in [6, 6.07) is 5.18. The van der Waals surface area contributed by atoms with Crippen LogP contribution in [0.1, 0.15) is 12.0 Å². The first-order valence-electron chi connectivity index (χ1n) is 5.33. The summed E-state index contributed by atoms with van der Waals surface area (Å²) in [6.07, 6.45) is 1.73. The van der Waals surface area contributed by atoms with Gasteiger partial charge in [0.25, 0.3) is 0 Å². The van der Waals surface area contributed by atoms with E-state index in [1.807, 2.05) is 14.1 Å². The Morgan fingerprint density at radius 1 is 1.44 bits per heavy atom. The van der Waals surface area contributed by atoms with Crippen molar-refractivity contribution in [3.05, 3.63) is 34.1 Å². The van der Waals surface area contributed by atoms with Crippen molar-refractivity contribution in [2.45, 2.75) is 18.9 Å². The van der Waals surface area contributed by atoms with Crippen LogP contribution >= 0.6 is 15.9 Å². The molecule has 16 heavy (non-hydrogen) atoms. The third-order valence-corrected chi connectivity index (χ3v) is 3.04. The summed E-state index contributed by atoms with van der Waals surface area (Å²) in [7, 11) is 4.06. The highest BCUT2D eigenvalue weighted by atomic mass is 79.9. The predicted octanol–water partition coefficient (Wildman–Crippen LogP) is 2.41. The number of halogens is 2. The summed E-state index contributed by atoms with van der Waals surface area (Å²) in [5, 5.41) is 0. The molecule has 0 aromatic heterocycles. The molecule has 0 saturated heterocycles. The molecule has 0 saturated carbocycles. The van der Waals surface area contributed by atoms with E-state index in [1.165, 1.54) is 6.07 Å². The van der Waals surface area contributed by atoms with Crippen molar-refractivity contribution in [3.63, 3.8) is 0 Å². The van der Waals surface area contributed by atoms with Crippen LogP contribution in [-0.4, -0.2) is 31.6 Å². The molecule has 0 heterocycles. The average Bonchev–Trinajstić information content (AvgIpc) is 2.21. The van der Waals surface area contributed by atoms with Crippen molar-refractivity contribution >= 4 is 15.9 Å². The maximum Gasteiger partial charge on any atom is 0.137 e. The van der Waals surface area contributed by atoms with Gasteiger partial charge in [-0.25, -0.2) is 4.39 Å². The number of nitrogens with zero attached hydrogens (tertiary/aromatic N) is 1. The lowest BCUT2D eigenvalue weighted by atomic mass is 10.0. The second-order valence-corrected chi connectivity index (χ2v) is 5.16. The first kappa shape index (κ1) is 13.6. The molecule has 0 radical (unpaired) electrons. The number of rotatable bonds is 5. The Balaban J connectivity index is 2.49. The first-order chi connectivity index (χ1) is 7.49. The molecule has 1 atom stereocenters. The second kappa shape index (κ2) is 6.33. The molecule has 0 aliphatic rings. The Bertz CT molecular complexity index is 342. The zero-order valence-electron chi connectivity index (χ0n) is 9.71. The molecule has 0 amide bonds. The van der Waals surface area contributed by atoms with Gasteiger partial charge in [-0.1, -0.05) is 6.07 Å². The third-order valence-electron chi connectivity index (χ3n) is 2.43. The summed E-state index contributed by atoms with van der Waals surface area (Å²) in [4.78, 5) is 2.11. The molecule has 1 unspecified atom stereocenters. The largest absolute Gasteiger partial charge is 0.327 e. The number of hydrogen-bond acceptors (Lipinski definition) is 2. The molecule has 90 valence electrons. The van der Waals surface area contributed by atoms with E-state index in [-0.39, 0.29) is 11.9 Å². The van der Waals surface area contributed by atoms with Gasteiger partial charge in [0, 0.05) is 6.04 Å². The quantitative estimate of drug-likeness (QED) is 0.902. The fourth-order valence-electron chi connectivity index (χ4n) is 1.50. The first-order valence-corrected chi connectivity index (χ1v) is 6.12. The Labute approximate surface area is 105 Å². The summed E-state index contributed by atoms with van der Waals surface area (Å²) < 4.78 is 13.5. The van der Waals surface area contributed by atoms with Crippen LogP contribution in [0.4, 0.5) is 4.39 Å². The zero-order valence-corrected chi connectivity index (χ0v) is 11.3. The number of hydrogen-bond donors (Lipinski definition) is 1. The normalized spacial score (nSPS) is 13.1. The van der Waals surface area contributed by atoms with Crippen molar-refractivity contribution in [2.75, 3.05) is 20.6 Å². The molecule has 2 nitrogen and oxygen atoms in total. The third kappa shape index (κ3) is 4.60. The zero-order chi connectivity index (χ0) is 12.1. The molecule has 0 fully saturated rings. The molecule has 1 aromatic carbocycles. The molecular formula is C12H18BrFN2. The highest BCUT2D eigenvalue weighted by molar-refractivity contribution is 9.10. The SMILES string of the molecule is CN(C)CCC(N)Cc1ccc(F)c(Br)c1. The fourth-order valence-corrected chi connectivity index (χ4v) is 1.92. The molecule has 0 aliphatic carbocycles. The van der Waals surface area contributed by atoms with E-state index in [0.717, 1.165) is 24.9 Å². The van der Waals surface area contributed by atoms with Crippen molar-refractivity contribution in [1.82, 2.24) is 4.90 Å². The Morgan fingerprint density at radius 2 is 2.12 bits per heavy atom. The molecule has 2 N–H and O–H groups in total. The highest BCUT2D eigenvalue weighted by Crippen LogP contribution is 2.17. The van der Waals surface area contributed by atoms with Gasteiger partial charge >= 0.3 is 0 Å². The van der Waals surface area contributed by atoms with E-state index in [2.05, 4.69) is 20.8 Å². The van der Waals surface area contributed by atoms with Crippen LogP contribution in [0.3, 0.4) is 0 Å². The van der Waals surface area contributed by atoms with Gasteiger partial charge in [-0.15, -0.1) is 0 Å². The minimum Gasteiger partial charge on any atom is -0.327 e. The van der Waals surface area contributed by atoms with E-state index in [1.54, 1.807) is 12.1 Å². The Morgan fingerprint density at radius 3 is 2.69 bits per heavy atom. The van der Waals surface area contributed by atoms with Gasteiger partial charge in [0.2, 0.25) is 0 Å². The van der Waals surface area contributed by atoms with Crippen molar-refractivity contribution in [2.24, 2.45) is 5.73 Å². The number of nitrogens with two attached hydrogens (primary N) is 1. The van der Waals surface area contributed by atoms with Crippen LogP contribution in [0.15, 0.2) is 22.7 Å². The standard InChI is InChI=1S/C12H18BrFN2/c1-16(2)6-5-10(15)7-9-3-4-12(14)11(13)8-9/h3-4,8,10H,5-7,15H2,1-2H3. The summed E-state index contributed by atoms with van der Waals surface area (Å²) >= 11 is 3.17. The lowest BCUT2D eigenvalue weighted by molar-refractivity contribution is 0.379. The van der Waals surface area contributed by atoms with Crippen LogP contribution < -0.4 is 5.73 Å². The summed E-state index contributed by atoms with van der Waals surface area (Å²) in [5.74, 6) is -0.231. The van der Waals surface area contributed by atoms with Gasteiger partial charge in [-0.05, 0) is 67.1 Å². The van der Waals surface area contributed by atoms with E-state index in [9.17, 15) is 4.39 Å². The average molecular weight is 289 g/mol. The molecule has 1 rings (SSSR count). The lowest BCUT2D eigenvalue weighted by Crippen LogP contribution is -2.28. The highest BCUT2D eigenvalue weighted by Gasteiger charge is 2.06. The van der Waals surface area contributed by atoms with Gasteiger partial charge < -0.3 is 10.6 Å².